The number of pyridine rings is 1. The fourth-order valence-corrected chi connectivity index (χ4v) is 2.03. The maximum absolute atomic E-state index is 11.9. The number of fused-ring (bicyclic) bond motifs is 1. The zero-order chi connectivity index (χ0) is 14.8. The van der Waals surface area contributed by atoms with E-state index in [9.17, 15) is 4.79 Å². The van der Waals surface area contributed by atoms with E-state index in [0.717, 1.165) is 16.5 Å². The first-order valence-electron chi connectivity index (χ1n) is 6.68. The minimum Gasteiger partial charge on any atom is -0.459 e. The number of nitrogens with zero attached hydrogens (tertiary/aromatic N) is 1. The molecule has 0 fully saturated rings. The molecule has 0 unspecified atom stereocenters. The predicted octanol–water partition coefficient (Wildman–Crippen LogP) is 2.45. The van der Waals surface area contributed by atoms with Gasteiger partial charge in [0.1, 0.15) is 11.6 Å². The Morgan fingerprint density at radius 1 is 1.30 bits per heavy atom. The van der Waals surface area contributed by atoms with Crippen molar-refractivity contribution in [1.29, 1.82) is 0 Å². The molecule has 20 heavy (non-hydrogen) atoms. The van der Waals surface area contributed by atoms with Gasteiger partial charge in [-0.2, -0.15) is 0 Å². The van der Waals surface area contributed by atoms with Crippen molar-refractivity contribution in [3.05, 3.63) is 42.1 Å². The van der Waals surface area contributed by atoms with Crippen LogP contribution >= 0.6 is 0 Å². The number of para-hydroxylation sites is 1. The van der Waals surface area contributed by atoms with Gasteiger partial charge >= 0.3 is 5.97 Å². The van der Waals surface area contributed by atoms with Gasteiger partial charge in [-0.15, -0.1) is 0 Å². The van der Waals surface area contributed by atoms with E-state index in [1.54, 1.807) is 6.20 Å². The SMILES string of the molecule is CC(C)(C)OC(=O)[C@@H](N)Cc1ccnc2ccccc12. The molecular formula is C16H20N2O2. The lowest BCUT2D eigenvalue weighted by atomic mass is 10.0. The van der Waals surface area contributed by atoms with Crippen molar-refractivity contribution in [2.45, 2.75) is 38.8 Å². The number of aromatic nitrogens is 1. The van der Waals surface area contributed by atoms with E-state index in [0.29, 0.717) is 6.42 Å². The molecule has 1 atom stereocenters. The van der Waals surface area contributed by atoms with Gasteiger partial charge < -0.3 is 10.5 Å². The van der Waals surface area contributed by atoms with Crippen LogP contribution in [0.5, 0.6) is 0 Å². The number of benzene rings is 1. The lowest BCUT2D eigenvalue weighted by Gasteiger charge is -2.22. The number of nitrogens with two attached hydrogens (primary N) is 1. The number of hydrogen-bond donors (Lipinski definition) is 1. The van der Waals surface area contributed by atoms with Crippen molar-refractivity contribution in [1.82, 2.24) is 4.98 Å². The molecule has 2 aromatic rings. The van der Waals surface area contributed by atoms with Crippen LogP contribution in [-0.4, -0.2) is 22.6 Å². The average Bonchev–Trinajstić information content (AvgIpc) is 2.37. The smallest absolute Gasteiger partial charge is 0.323 e. The third kappa shape index (κ3) is 3.54. The van der Waals surface area contributed by atoms with Crippen LogP contribution in [0.1, 0.15) is 26.3 Å². The van der Waals surface area contributed by atoms with Crippen molar-refractivity contribution in [2.24, 2.45) is 5.73 Å². The van der Waals surface area contributed by atoms with E-state index in [1.165, 1.54) is 0 Å². The molecule has 0 aliphatic heterocycles. The molecule has 0 aliphatic rings. The summed E-state index contributed by atoms with van der Waals surface area (Å²) in [6.45, 7) is 5.50. The summed E-state index contributed by atoms with van der Waals surface area (Å²) in [6, 6.07) is 9.04. The van der Waals surface area contributed by atoms with Gasteiger partial charge in [-0.05, 0) is 44.9 Å². The molecule has 4 nitrogen and oxygen atoms in total. The fourth-order valence-electron chi connectivity index (χ4n) is 2.03. The normalized spacial score (nSPS) is 13.2. The number of ether oxygens (including phenoxy) is 1. The third-order valence-corrected chi connectivity index (χ3v) is 2.89. The summed E-state index contributed by atoms with van der Waals surface area (Å²) >= 11 is 0. The summed E-state index contributed by atoms with van der Waals surface area (Å²) in [7, 11) is 0. The van der Waals surface area contributed by atoms with Gasteiger partial charge in [0.15, 0.2) is 0 Å². The second kappa shape index (κ2) is 5.59. The van der Waals surface area contributed by atoms with Crippen LogP contribution in [0.2, 0.25) is 0 Å². The van der Waals surface area contributed by atoms with Crippen LogP contribution in [0.3, 0.4) is 0 Å². The highest BCUT2D eigenvalue weighted by atomic mass is 16.6. The quantitative estimate of drug-likeness (QED) is 0.872. The Balaban J connectivity index is 2.18. The van der Waals surface area contributed by atoms with E-state index in [4.69, 9.17) is 10.5 Å². The molecule has 1 aromatic heterocycles. The van der Waals surface area contributed by atoms with Gasteiger partial charge in [0.2, 0.25) is 0 Å². The van der Waals surface area contributed by atoms with Gasteiger partial charge in [-0.25, -0.2) is 0 Å². The highest BCUT2D eigenvalue weighted by molar-refractivity contribution is 5.83. The number of carbonyl (C=O) groups excluding carboxylic acids is 1. The Bertz CT molecular complexity index is 612. The zero-order valence-electron chi connectivity index (χ0n) is 12.1. The number of esters is 1. The van der Waals surface area contributed by atoms with Gasteiger partial charge in [-0.1, -0.05) is 18.2 Å². The first-order chi connectivity index (χ1) is 9.37. The van der Waals surface area contributed by atoms with Crippen molar-refractivity contribution in [3.63, 3.8) is 0 Å². The van der Waals surface area contributed by atoms with Crippen molar-refractivity contribution in [3.8, 4) is 0 Å². The molecule has 0 bridgehead atoms. The Kier molecular flexibility index (Phi) is 4.04. The summed E-state index contributed by atoms with van der Waals surface area (Å²) in [4.78, 5) is 16.2. The second-order valence-corrected chi connectivity index (χ2v) is 5.83. The Morgan fingerprint density at radius 2 is 2.00 bits per heavy atom. The standard InChI is InChI=1S/C16H20N2O2/c1-16(2,3)20-15(19)13(17)10-11-8-9-18-14-7-5-4-6-12(11)14/h4-9,13H,10,17H2,1-3H3/t13-/m0/s1. The highest BCUT2D eigenvalue weighted by Gasteiger charge is 2.22. The Hall–Kier alpha value is -1.94. The van der Waals surface area contributed by atoms with Crippen LogP contribution in [0.25, 0.3) is 10.9 Å². The molecule has 0 saturated carbocycles. The molecule has 2 N–H and O–H groups in total. The van der Waals surface area contributed by atoms with Gasteiger partial charge in [-0.3, -0.25) is 9.78 Å². The molecule has 1 aromatic carbocycles. The van der Waals surface area contributed by atoms with Gasteiger partial charge in [0.05, 0.1) is 5.52 Å². The second-order valence-electron chi connectivity index (χ2n) is 5.83. The van der Waals surface area contributed by atoms with E-state index < -0.39 is 11.6 Å². The number of rotatable bonds is 3. The molecule has 0 radical (unpaired) electrons. The molecule has 0 amide bonds. The number of carbonyl (C=O) groups is 1. The minimum absolute atomic E-state index is 0.376. The van der Waals surface area contributed by atoms with Crippen LogP contribution < -0.4 is 5.73 Å². The van der Waals surface area contributed by atoms with E-state index in [-0.39, 0.29) is 5.97 Å². The number of hydrogen-bond acceptors (Lipinski definition) is 4. The average molecular weight is 272 g/mol. The van der Waals surface area contributed by atoms with E-state index >= 15 is 0 Å². The molecule has 0 saturated heterocycles. The molecule has 106 valence electrons. The van der Waals surface area contributed by atoms with Crippen LogP contribution in [-0.2, 0) is 16.0 Å². The predicted molar refractivity (Wildman–Crippen MR) is 79.3 cm³/mol. The molecule has 2 rings (SSSR count). The van der Waals surface area contributed by atoms with Crippen molar-refractivity contribution in [2.75, 3.05) is 0 Å². The first-order valence-corrected chi connectivity index (χ1v) is 6.68. The molecular weight excluding hydrogens is 252 g/mol. The molecule has 0 spiro atoms. The Morgan fingerprint density at radius 3 is 2.70 bits per heavy atom. The third-order valence-electron chi connectivity index (χ3n) is 2.89. The summed E-state index contributed by atoms with van der Waals surface area (Å²) in [5.74, 6) is -0.376. The molecule has 1 heterocycles. The summed E-state index contributed by atoms with van der Waals surface area (Å²) in [5.41, 5.74) is 7.35. The molecule has 4 heteroatoms. The zero-order valence-corrected chi connectivity index (χ0v) is 12.1. The van der Waals surface area contributed by atoms with Crippen molar-refractivity contribution < 1.29 is 9.53 Å². The van der Waals surface area contributed by atoms with Gasteiger partial charge in [0.25, 0.3) is 0 Å². The topological polar surface area (TPSA) is 65.2 Å². The van der Waals surface area contributed by atoms with E-state index in [1.807, 2.05) is 51.1 Å². The fraction of sp³-hybridized carbons (Fsp3) is 0.375. The maximum atomic E-state index is 11.9. The highest BCUT2D eigenvalue weighted by Crippen LogP contribution is 2.18. The minimum atomic E-state index is -0.667. The summed E-state index contributed by atoms with van der Waals surface area (Å²) in [5, 5.41) is 1.02. The maximum Gasteiger partial charge on any atom is 0.323 e. The van der Waals surface area contributed by atoms with Crippen LogP contribution in [0.4, 0.5) is 0 Å². The lowest BCUT2D eigenvalue weighted by molar-refractivity contribution is -0.156. The van der Waals surface area contributed by atoms with E-state index in [2.05, 4.69) is 4.98 Å². The van der Waals surface area contributed by atoms with Crippen LogP contribution in [0, 0.1) is 0 Å². The van der Waals surface area contributed by atoms with Crippen molar-refractivity contribution >= 4 is 16.9 Å². The first kappa shape index (κ1) is 14.5. The van der Waals surface area contributed by atoms with Crippen LogP contribution in [0.15, 0.2) is 36.5 Å². The van der Waals surface area contributed by atoms with Gasteiger partial charge in [0, 0.05) is 11.6 Å². The molecule has 0 aliphatic carbocycles. The summed E-state index contributed by atoms with van der Waals surface area (Å²) < 4.78 is 5.30. The Labute approximate surface area is 119 Å². The largest absolute Gasteiger partial charge is 0.459 e. The summed E-state index contributed by atoms with van der Waals surface area (Å²) in [6.07, 6.45) is 2.18. The lowest BCUT2D eigenvalue weighted by Crippen LogP contribution is -2.38. The monoisotopic (exact) mass is 272 g/mol.